The van der Waals surface area contributed by atoms with Crippen molar-refractivity contribution in [3.8, 4) is 0 Å². The monoisotopic (exact) mass is 525 g/mol. The van der Waals surface area contributed by atoms with Crippen LogP contribution < -0.4 is 19.8 Å². The first kappa shape index (κ1) is 24.6. The van der Waals surface area contributed by atoms with Crippen LogP contribution in [0.3, 0.4) is 0 Å². The second kappa shape index (κ2) is 10.5. The molecule has 188 valence electrons. The fraction of sp³-hybridized carbons (Fsp3) is 0.346. The first-order chi connectivity index (χ1) is 17.5. The molecule has 36 heavy (non-hydrogen) atoms. The molecule has 3 aromatic rings. The number of esters is 1. The highest BCUT2D eigenvalue weighted by Crippen LogP contribution is 2.31. The lowest BCUT2D eigenvalue weighted by Gasteiger charge is -2.26. The molecule has 0 unspecified atom stereocenters. The Hall–Kier alpha value is -3.08. The number of thiazole rings is 1. The first-order valence-corrected chi connectivity index (χ1v) is 13.8. The van der Waals surface area contributed by atoms with Gasteiger partial charge < -0.3 is 18.8 Å². The lowest BCUT2D eigenvalue weighted by Crippen LogP contribution is -2.39. The Morgan fingerprint density at radius 2 is 1.97 bits per heavy atom. The van der Waals surface area contributed by atoms with E-state index in [1.54, 1.807) is 36.3 Å². The van der Waals surface area contributed by atoms with Crippen molar-refractivity contribution in [1.82, 2.24) is 4.57 Å². The van der Waals surface area contributed by atoms with Gasteiger partial charge in [0, 0.05) is 30.1 Å². The SMILES string of the molecule is CCOC(=O)C1=C(C)N=c2s/c(=C/c3ccc(N4CCOCC4)o3)c(=O)n2[C@@H]1c1ccc(SC)cc1. The topological polar surface area (TPSA) is 86.3 Å². The lowest BCUT2D eigenvalue weighted by atomic mass is 9.96. The second-order valence-electron chi connectivity index (χ2n) is 8.35. The Labute approximate surface area is 216 Å². The number of ether oxygens (including phenoxy) is 2. The number of carbonyl (C=O) groups is 1. The highest BCUT2D eigenvalue weighted by Gasteiger charge is 2.33. The zero-order valence-electron chi connectivity index (χ0n) is 20.4. The molecule has 0 radical (unpaired) electrons. The maximum atomic E-state index is 13.7. The number of carbonyl (C=O) groups excluding carboxylic acids is 1. The van der Waals surface area contributed by atoms with Gasteiger partial charge in [0.1, 0.15) is 5.76 Å². The van der Waals surface area contributed by atoms with Gasteiger partial charge >= 0.3 is 5.97 Å². The van der Waals surface area contributed by atoms with Crippen molar-refractivity contribution in [2.24, 2.45) is 4.99 Å². The number of furan rings is 1. The van der Waals surface area contributed by atoms with Crippen LogP contribution in [0.4, 0.5) is 5.88 Å². The van der Waals surface area contributed by atoms with Crippen LogP contribution in [0.15, 0.2) is 66.8 Å². The second-order valence-corrected chi connectivity index (χ2v) is 10.2. The Bertz CT molecular complexity index is 1480. The summed E-state index contributed by atoms with van der Waals surface area (Å²) >= 11 is 2.91. The van der Waals surface area contributed by atoms with Crippen molar-refractivity contribution in [3.05, 3.63) is 78.7 Å². The highest BCUT2D eigenvalue weighted by atomic mass is 32.2. The molecule has 5 rings (SSSR count). The third-order valence-corrected chi connectivity index (χ3v) is 7.88. The van der Waals surface area contributed by atoms with Gasteiger partial charge in [0.05, 0.1) is 41.7 Å². The molecule has 2 aliphatic rings. The fourth-order valence-electron chi connectivity index (χ4n) is 4.40. The van der Waals surface area contributed by atoms with Gasteiger partial charge in [-0.1, -0.05) is 23.5 Å². The minimum Gasteiger partial charge on any atom is -0.463 e. The van der Waals surface area contributed by atoms with Crippen LogP contribution in [-0.4, -0.2) is 49.7 Å². The Morgan fingerprint density at radius 3 is 2.67 bits per heavy atom. The normalized spacial score (nSPS) is 18.2. The van der Waals surface area contributed by atoms with Crippen molar-refractivity contribution in [2.75, 3.05) is 44.1 Å². The van der Waals surface area contributed by atoms with Gasteiger partial charge in [-0.05, 0) is 43.9 Å². The number of anilines is 1. The number of thioether (sulfide) groups is 1. The molecule has 0 amide bonds. The van der Waals surface area contributed by atoms with E-state index < -0.39 is 12.0 Å². The first-order valence-electron chi connectivity index (χ1n) is 11.8. The minimum absolute atomic E-state index is 0.226. The number of aromatic nitrogens is 1. The van der Waals surface area contributed by atoms with E-state index in [9.17, 15) is 9.59 Å². The highest BCUT2D eigenvalue weighted by molar-refractivity contribution is 7.98. The Balaban J connectivity index is 1.60. The van der Waals surface area contributed by atoms with Crippen LogP contribution in [0, 0.1) is 0 Å². The van der Waals surface area contributed by atoms with Crippen LogP contribution in [-0.2, 0) is 14.3 Å². The molecule has 2 aliphatic heterocycles. The molecule has 0 N–H and O–H groups in total. The average molecular weight is 526 g/mol. The number of hydrogen-bond acceptors (Lipinski definition) is 9. The van der Waals surface area contributed by atoms with E-state index in [4.69, 9.17) is 13.9 Å². The van der Waals surface area contributed by atoms with Gasteiger partial charge in [-0.3, -0.25) is 9.36 Å². The van der Waals surface area contributed by atoms with E-state index >= 15 is 0 Å². The molecule has 10 heteroatoms. The number of nitrogens with zero attached hydrogens (tertiary/aromatic N) is 3. The van der Waals surface area contributed by atoms with E-state index in [1.165, 1.54) is 11.3 Å². The summed E-state index contributed by atoms with van der Waals surface area (Å²) in [5.41, 5.74) is 1.52. The van der Waals surface area contributed by atoms with Gasteiger partial charge in [0.25, 0.3) is 5.56 Å². The predicted molar refractivity (Wildman–Crippen MR) is 140 cm³/mol. The zero-order chi connectivity index (χ0) is 25.2. The van der Waals surface area contributed by atoms with E-state index in [0.29, 0.717) is 39.6 Å². The molecule has 1 saturated heterocycles. The van der Waals surface area contributed by atoms with Gasteiger partial charge in [-0.25, -0.2) is 9.79 Å². The molecular formula is C26H27N3O5S2. The summed E-state index contributed by atoms with van der Waals surface area (Å²) in [6.45, 7) is 6.64. The van der Waals surface area contributed by atoms with Crippen molar-refractivity contribution in [2.45, 2.75) is 24.8 Å². The van der Waals surface area contributed by atoms with Crippen molar-refractivity contribution in [3.63, 3.8) is 0 Å². The van der Waals surface area contributed by atoms with Crippen LogP contribution in [0.5, 0.6) is 0 Å². The third kappa shape index (κ3) is 4.68. The Morgan fingerprint density at radius 1 is 1.22 bits per heavy atom. The van der Waals surface area contributed by atoms with Gasteiger partial charge in [0.15, 0.2) is 10.7 Å². The smallest absolute Gasteiger partial charge is 0.338 e. The summed E-state index contributed by atoms with van der Waals surface area (Å²) in [6, 6.07) is 11.0. The number of benzene rings is 1. The molecule has 2 aromatic heterocycles. The number of morpholine rings is 1. The summed E-state index contributed by atoms with van der Waals surface area (Å²) < 4.78 is 18.9. The van der Waals surface area contributed by atoms with E-state index in [0.717, 1.165) is 29.4 Å². The van der Waals surface area contributed by atoms with E-state index in [-0.39, 0.29) is 12.2 Å². The molecular weight excluding hydrogens is 498 g/mol. The third-order valence-electron chi connectivity index (χ3n) is 6.16. The minimum atomic E-state index is -0.626. The van der Waals surface area contributed by atoms with E-state index in [1.807, 2.05) is 42.7 Å². The van der Waals surface area contributed by atoms with Crippen LogP contribution in [0.1, 0.15) is 31.2 Å². The average Bonchev–Trinajstić information content (AvgIpc) is 3.48. The maximum absolute atomic E-state index is 13.7. The fourth-order valence-corrected chi connectivity index (χ4v) is 5.83. The largest absolute Gasteiger partial charge is 0.463 e. The zero-order valence-corrected chi connectivity index (χ0v) is 22.0. The molecule has 1 fully saturated rings. The van der Waals surface area contributed by atoms with Crippen molar-refractivity contribution in [1.29, 1.82) is 0 Å². The van der Waals surface area contributed by atoms with Crippen LogP contribution in [0.2, 0.25) is 0 Å². The van der Waals surface area contributed by atoms with Gasteiger partial charge in [-0.2, -0.15) is 0 Å². The summed E-state index contributed by atoms with van der Waals surface area (Å²) in [5, 5.41) is 0. The quantitative estimate of drug-likeness (QED) is 0.361. The molecule has 1 atom stereocenters. The molecule has 8 nitrogen and oxygen atoms in total. The summed E-state index contributed by atoms with van der Waals surface area (Å²) in [4.78, 5) is 35.1. The van der Waals surface area contributed by atoms with Gasteiger partial charge in [-0.15, -0.1) is 11.8 Å². The summed E-state index contributed by atoms with van der Waals surface area (Å²) in [7, 11) is 0. The van der Waals surface area contributed by atoms with Crippen molar-refractivity contribution >= 4 is 41.0 Å². The summed E-state index contributed by atoms with van der Waals surface area (Å²) in [5.74, 6) is 0.877. The molecule has 0 bridgehead atoms. The van der Waals surface area contributed by atoms with Crippen LogP contribution >= 0.6 is 23.1 Å². The lowest BCUT2D eigenvalue weighted by molar-refractivity contribution is -0.139. The number of hydrogen-bond donors (Lipinski definition) is 0. The number of allylic oxidation sites excluding steroid dienone is 1. The Kier molecular flexibility index (Phi) is 7.17. The van der Waals surface area contributed by atoms with Crippen LogP contribution in [0.25, 0.3) is 6.08 Å². The molecule has 0 saturated carbocycles. The molecule has 4 heterocycles. The number of rotatable bonds is 6. The predicted octanol–water partition coefficient (Wildman–Crippen LogP) is 2.95. The van der Waals surface area contributed by atoms with E-state index in [2.05, 4.69) is 9.89 Å². The molecule has 0 spiro atoms. The van der Waals surface area contributed by atoms with Gasteiger partial charge in [0.2, 0.25) is 0 Å². The maximum Gasteiger partial charge on any atom is 0.338 e. The molecule has 0 aliphatic carbocycles. The standard InChI is InChI=1S/C26H27N3O5S2/c1-4-33-25(31)22-16(2)27-26-29(23(22)17-5-8-19(35-3)9-6-17)24(30)20(36-26)15-18-7-10-21(34-18)28-11-13-32-14-12-28/h5-10,15,23H,4,11-14H2,1-3H3/b20-15+/t23-/m1/s1. The number of fused-ring (bicyclic) bond motifs is 1. The van der Waals surface area contributed by atoms with Crippen molar-refractivity contribution < 1.29 is 18.7 Å². The summed E-state index contributed by atoms with van der Waals surface area (Å²) in [6.07, 6.45) is 3.75. The molecule has 1 aromatic carbocycles.